The van der Waals surface area contributed by atoms with Crippen LogP contribution in [0.25, 0.3) is 0 Å². The quantitative estimate of drug-likeness (QED) is 0.827. The van der Waals surface area contributed by atoms with E-state index in [9.17, 15) is 13.6 Å². The number of carbonyl (C=O) groups is 1. The second-order valence-corrected chi connectivity index (χ2v) is 3.90. The first-order chi connectivity index (χ1) is 7.99. The Morgan fingerprint density at radius 2 is 2.18 bits per heavy atom. The number of carbonyl (C=O) groups excluding carboxylic acids is 1. The molecule has 0 aliphatic heterocycles. The van der Waals surface area contributed by atoms with Gasteiger partial charge in [-0.15, -0.1) is 0 Å². The van der Waals surface area contributed by atoms with Crippen molar-refractivity contribution in [3.63, 3.8) is 0 Å². The molecule has 17 heavy (non-hydrogen) atoms. The van der Waals surface area contributed by atoms with Gasteiger partial charge in [0.05, 0.1) is 6.10 Å². The van der Waals surface area contributed by atoms with Gasteiger partial charge in [0.1, 0.15) is 11.6 Å². The fourth-order valence-electron chi connectivity index (χ4n) is 1.29. The van der Waals surface area contributed by atoms with E-state index in [1.54, 1.807) is 6.92 Å². The lowest BCUT2D eigenvalue weighted by atomic mass is 10.2. The van der Waals surface area contributed by atoms with Crippen LogP contribution in [0.3, 0.4) is 0 Å². The van der Waals surface area contributed by atoms with E-state index in [1.807, 2.05) is 0 Å². The van der Waals surface area contributed by atoms with Gasteiger partial charge in [-0.3, -0.25) is 4.79 Å². The Labute approximate surface area is 98.5 Å². The number of aliphatic hydroxyl groups is 1. The van der Waals surface area contributed by atoms with Gasteiger partial charge < -0.3 is 10.4 Å². The fourth-order valence-corrected chi connectivity index (χ4v) is 1.29. The molecule has 94 valence electrons. The second-order valence-electron chi connectivity index (χ2n) is 3.90. The van der Waals surface area contributed by atoms with Crippen LogP contribution >= 0.6 is 0 Å². The van der Waals surface area contributed by atoms with Crippen LogP contribution in [-0.2, 0) is 11.3 Å². The zero-order chi connectivity index (χ0) is 12.8. The monoisotopic (exact) mass is 243 g/mol. The molecule has 0 saturated carbocycles. The minimum absolute atomic E-state index is 0.0186. The van der Waals surface area contributed by atoms with Gasteiger partial charge in [0, 0.05) is 24.6 Å². The molecule has 0 bridgehead atoms. The van der Waals surface area contributed by atoms with Crippen molar-refractivity contribution in [2.75, 3.05) is 0 Å². The molecule has 1 unspecified atom stereocenters. The van der Waals surface area contributed by atoms with Crippen LogP contribution in [0.1, 0.15) is 25.3 Å². The minimum Gasteiger partial charge on any atom is -0.393 e. The van der Waals surface area contributed by atoms with Gasteiger partial charge in [-0.2, -0.15) is 0 Å². The summed E-state index contributed by atoms with van der Waals surface area (Å²) in [6, 6.07) is 3.21. The Bertz CT molecular complexity index is 394. The van der Waals surface area contributed by atoms with Gasteiger partial charge in [-0.25, -0.2) is 8.78 Å². The summed E-state index contributed by atoms with van der Waals surface area (Å²) in [7, 11) is 0. The third-order valence-electron chi connectivity index (χ3n) is 2.28. The molecule has 3 nitrogen and oxygen atoms in total. The Morgan fingerprint density at radius 3 is 2.76 bits per heavy atom. The number of rotatable bonds is 5. The molecular formula is C12H15F2NO2. The molecule has 1 rings (SSSR count). The predicted octanol–water partition coefficient (Wildman–Crippen LogP) is 1.74. The smallest absolute Gasteiger partial charge is 0.220 e. The number of nitrogens with one attached hydrogen (secondary N) is 1. The van der Waals surface area contributed by atoms with Gasteiger partial charge in [0.25, 0.3) is 0 Å². The van der Waals surface area contributed by atoms with E-state index < -0.39 is 17.7 Å². The van der Waals surface area contributed by atoms with Crippen LogP contribution in [0.5, 0.6) is 0 Å². The third-order valence-corrected chi connectivity index (χ3v) is 2.28. The molecule has 0 saturated heterocycles. The first-order valence-corrected chi connectivity index (χ1v) is 5.37. The summed E-state index contributed by atoms with van der Waals surface area (Å²) >= 11 is 0. The van der Waals surface area contributed by atoms with Crippen molar-refractivity contribution < 1.29 is 18.7 Å². The van der Waals surface area contributed by atoms with Crippen molar-refractivity contribution in [1.29, 1.82) is 0 Å². The highest BCUT2D eigenvalue weighted by Crippen LogP contribution is 2.09. The number of aliphatic hydroxyl groups excluding tert-OH is 1. The topological polar surface area (TPSA) is 49.3 Å². The molecule has 0 aliphatic rings. The fraction of sp³-hybridized carbons (Fsp3) is 0.417. The number of benzene rings is 1. The van der Waals surface area contributed by atoms with Gasteiger partial charge in [-0.05, 0) is 19.4 Å². The summed E-state index contributed by atoms with van der Waals surface area (Å²) in [5.74, 6) is -1.60. The molecule has 0 fully saturated rings. The first kappa shape index (κ1) is 13.6. The summed E-state index contributed by atoms with van der Waals surface area (Å²) in [6.45, 7) is 1.61. The zero-order valence-corrected chi connectivity index (χ0v) is 9.54. The maximum Gasteiger partial charge on any atom is 0.220 e. The van der Waals surface area contributed by atoms with E-state index in [0.717, 1.165) is 12.1 Å². The third kappa shape index (κ3) is 4.91. The maximum absolute atomic E-state index is 13.2. The molecule has 1 aromatic carbocycles. The van der Waals surface area contributed by atoms with Gasteiger partial charge >= 0.3 is 0 Å². The zero-order valence-electron chi connectivity index (χ0n) is 9.54. The van der Waals surface area contributed by atoms with Crippen LogP contribution in [0.15, 0.2) is 18.2 Å². The first-order valence-electron chi connectivity index (χ1n) is 5.37. The van der Waals surface area contributed by atoms with Crippen LogP contribution in [0.2, 0.25) is 0 Å². The SMILES string of the molecule is CC(O)CCC(=O)NCc1ccc(F)cc1F. The van der Waals surface area contributed by atoms with E-state index in [4.69, 9.17) is 5.11 Å². The number of halogens is 2. The average Bonchev–Trinajstić information content (AvgIpc) is 2.25. The van der Waals surface area contributed by atoms with E-state index in [-0.39, 0.29) is 24.4 Å². The Balaban J connectivity index is 2.42. The molecule has 1 atom stereocenters. The Morgan fingerprint density at radius 1 is 1.47 bits per heavy atom. The second kappa shape index (κ2) is 6.30. The van der Waals surface area contributed by atoms with Crippen molar-refractivity contribution in [2.24, 2.45) is 0 Å². The van der Waals surface area contributed by atoms with Crippen LogP contribution in [-0.4, -0.2) is 17.1 Å². The Hall–Kier alpha value is -1.49. The lowest BCUT2D eigenvalue weighted by molar-refractivity contribution is -0.121. The van der Waals surface area contributed by atoms with Gasteiger partial charge in [0.2, 0.25) is 5.91 Å². The highest BCUT2D eigenvalue weighted by molar-refractivity contribution is 5.75. The molecule has 0 radical (unpaired) electrons. The highest BCUT2D eigenvalue weighted by Gasteiger charge is 2.07. The number of hydrogen-bond donors (Lipinski definition) is 2. The lowest BCUT2D eigenvalue weighted by Crippen LogP contribution is -2.24. The predicted molar refractivity (Wildman–Crippen MR) is 59.1 cm³/mol. The summed E-state index contributed by atoms with van der Waals surface area (Å²) in [5, 5.41) is 11.5. The van der Waals surface area contributed by atoms with E-state index >= 15 is 0 Å². The summed E-state index contributed by atoms with van der Waals surface area (Å²) < 4.78 is 25.8. The highest BCUT2D eigenvalue weighted by atomic mass is 19.1. The molecule has 1 aromatic rings. The molecule has 0 aliphatic carbocycles. The summed E-state index contributed by atoms with van der Waals surface area (Å²) in [5.41, 5.74) is 0.233. The number of hydrogen-bond acceptors (Lipinski definition) is 2. The minimum atomic E-state index is -0.680. The van der Waals surface area contributed by atoms with Crippen molar-refractivity contribution in [2.45, 2.75) is 32.4 Å². The van der Waals surface area contributed by atoms with Crippen molar-refractivity contribution in [3.8, 4) is 0 Å². The Kier molecular flexibility index (Phi) is 5.03. The summed E-state index contributed by atoms with van der Waals surface area (Å²) in [6.07, 6.45) is 0.00129. The van der Waals surface area contributed by atoms with Crippen molar-refractivity contribution >= 4 is 5.91 Å². The number of amides is 1. The van der Waals surface area contributed by atoms with E-state index in [0.29, 0.717) is 6.42 Å². The van der Waals surface area contributed by atoms with Crippen molar-refractivity contribution in [1.82, 2.24) is 5.32 Å². The maximum atomic E-state index is 13.2. The van der Waals surface area contributed by atoms with Crippen LogP contribution in [0, 0.1) is 11.6 Å². The molecule has 5 heteroatoms. The molecule has 0 aromatic heterocycles. The van der Waals surface area contributed by atoms with Gasteiger partial charge in [-0.1, -0.05) is 6.07 Å². The van der Waals surface area contributed by atoms with Crippen LogP contribution in [0.4, 0.5) is 8.78 Å². The van der Waals surface area contributed by atoms with Crippen molar-refractivity contribution in [3.05, 3.63) is 35.4 Å². The lowest BCUT2D eigenvalue weighted by Gasteiger charge is -2.07. The molecule has 0 spiro atoms. The van der Waals surface area contributed by atoms with E-state index in [2.05, 4.69) is 5.32 Å². The molecule has 1 amide bonds. The van der Waals surface area contributed by atoms with E-state index in [1.165, 1.54) is 6.07 Å². The van der Waals surface area contributed by atoms with Gasteiger partial charge in [0.15, 0.2) is 0 Å². The normalized spacial score (nSPS) is 12.2. The molecule has 2 N–H and O–H groups in total. The largest absolute Gasteiger partial charge is 0.393 e. The molecule has 0 heterocycles. The summed E-state index contributed by atoms with van der Waals surface area (Å²) in [4.78, 5) is 11.3. The average molecular weight is 243 g/mol. The van der Waals surface area contributed by atoms with Crippen LogP contribution < -0.4 is 5.32 Å². The standard InChI is InChI=1S/C12H15F2NO2/c1-8(16)2-5-12(17)15-7-9-3-4-10(13)6-11(9)14/h3-4,6,8,16H,2,5,7H2,1H3,(H,15,17). The molecular weight excluding hydrogens is 228 g/mol.